The Labute approximate surface area is 94.5 Å². The Balaban J connectivity index is 1.85. The van der Waals surface area contributed by atoms with E-state index in [-0.39, 0.29) is 0 Å². The van der Waals surface area contributed by atoms with Gasteiger partial charge in [0.25, 0.3) is 0 Å². The quantitative estimate of drug-likeness (QED) is 0.692. The van der Waals surface area contributed by atoms with E-state index < -0.39 is 0 Å². The molecule has 1 aromatic heterocycles. The zero-order chi connectivity index (χ0) is 10.1. The first-order chi connectivity index (χ1) is 6.93. The van der Waals surface area contributed by atoms with Crippen molar-refractivity contribution in [2.75, 3.05) is 23.9 Å². The van der Waals surface area contributed by atoms with Gasteiger partial charge in [0.05, 0.1) is 0 Å². The summed E-state index contributed by atoms with van der Waals surface area (Å²) in [5.74, 6) is 1.31. The summed E-state index contributed by atoms with van der Waals surface area (Å²) in [6, 6.07) is 0. The minimum Gasteiger partial charge on any atom is -0.362 e. The third-order valence-electron chi connectivity index (χ3n) is 1.98. The number of thioether (sulfide) groups is 1. The van der Waals surface area contributed by atoms with Gasteiger partial charge in [-0.1, -0.05) is 12.8 Å². The van der Waals surface area contributed by atoms with Gasteiger partial charge in [-0.05, 0) is 24.9 Å². The number of hydrogen-bond donors (Lipinski definition) is 1. The van der Waals surface area contributed by atoms with Crippen LogP contribution in [-0.2, 0) is 0 Å². The summed E-state index contributed by atoms with van der Waals surface area (Å²) in [4.78, 5) is 4.17. The van der Waals surface area contributed by atoms with Crippen LogP contribution in [0.25, 0.3) is 0 Å². The molecule has 4 heteroatoms. The molecule has 0 spiro atoms. The van der Waals surface area contributed by atoms with Crippen LogP contribution in [0.5, 0.6) is 0 Å². The van der Waals surface area contributed by atoms with Gasteiger partial charge in [0.2, 0.25) is 0 Å². The van der Waals surface area contributed by atoms with E-state index in [2.05, 4.69) is 16.6 Å². The van der Waals surface area contributed by atoms with E-state index in [1.165, 1.54) is 31.4 Å². The van der Waals surface area contributed by atoms with Crippen LogP contribution in [-0.4, -0.2) is 23.5 Å². The Morgan fingerprint density at radius 2 is 2.21 bits per heavy atom. The summed E-state index contributed by atoms with van der Waals surface area (Å²) in [6.45, 7) is 1.06. The van der Waals surface area contributed by atoms with Gasteiger partial charge in [-0.2, -0.15) is 11.8 Å². The number of hydrogen-bond acceptors (Lipinski definition) is 4. The molecule has 0 saturated carbocycles. The van der Waals surface area contributed by atoms with E-state index >= 15 is 0 Å². The standard InChI is InChI=1S/C10H18N2S2/c1-13-8-5-3-2-4-6-11-10-12-7-9-14-10/h7,9H,2-6,8H2,1H3,(H,11,12). The predicted molar refractivity (Wildman–Crippen MR) is 67.5 cm³/mol. The van der Waals surface area contributed by atoms with Crippen LogP contribution in [0.4, 0.5) is 5.13 Å². The van der Waals surface area contributed by atoms with Crippen LogP contribution in [0.1, 0.15) is 25.7 Å². The molecule has 0 atom stereocenters. The molecule has 1 rings (SSSR count). The van der Waals surface area contributed by atoms with E-state index in [1.807, 2.05) is 23.3 Å². The highest BCUT2D eigenvalue weighted by atomic mass is 32.2. The maximum Gasteiger partial charge on any atom is 0.182 e. The Kier molecular flexibility index (Phi) is 6.87. The van der Waals surface area contributed by atoms with Crippen LogP contribution >= 0.6 is 23.1 Å². The van der Waals surface area contributed by atoms with Gasteiger partial charge in [-0.3, -0.25) is 0 Å². The second-order valence-electron chi connectivity index (χ2n) is 3.17. The molecule has 80 valence electrons. The van der Waals surface area contributed by atoms with Crippen LogP contribution in [0.2, 0.25) is 0 Å². The van der Waals surface area contributed by atoms with Crippen molar-refractivity contribution in [2.24, 2.45) is 0 Å². The van der Waals surface area contributed by atoms with Crippen molar-refractivity contribution in [3.05, 3.63) is 11.6 Å². The molecule has 1 aromatic rings. The van der Waals surface area contributed by atoms with Crippen molar-refractivity contribution in [3.8, 4) is 0 Å². The topological polar surface area (TPSA) is 24.9 Å². The lowest BCUT2D eigenvalue weighted by Gasteiger charge is -2.02. The highest BCUT2D eigenvalue weighted by Crippen LogP contribution is 2.10. The largest absolute Gasteiger partial charge is 0.362 e. The summed E-state index contributed by atoms with van der Waals surface area (Å²) >= 11 is 3.61. The van der Waals surface area contributed by atoms with Gasteiger partial charge in [0, 0.05) is 18.1 Å². The molecular formula is C10H18N2S2. The number of unbranched alkanes of at least 4 members (excludes halogenated alkanes) is 3. The third-order valence-corrected chi connectivity index (χ3v) is 3.41. The first-order valence-electron chi connectivity index (χ1n) is 5.06. The van der Waals surface area contributed by atoms with Crippen LogP contribution in [0, 0.1) is 0 Å². The van der Waals surface area contributed by atoms with Crippen molar-refractivity contribution < 1.29 is 0 Å². The highest BCUT2D eigenvalue weighted by Gasteiger charge is 1.93. The van der Waals surface area contributed by atoms with Gasteiger partial charge in [-0.15, -0.1) is 11.3 Å². The van der Waals surface area contributed by atoms with Crippen molar-refractivity contribution in [1.29, 1.82) is 0 Å². The number of anilines is 1. The summed E-state index contributed by atoms with van der Waals surface area (Å²) in [5, 5.41) is 6.37. The number of nitrogens with one attached hydrogen (secondary N) is 1. The molecule has 0 aliphatic heterocycles. The summed E-state index contributed by atoms with van der Waals surface area (Å²) in [6.07, 6.45) is 9.32. The Morgan fingerprint density at radius 3 is 2.93 bits per heavy atom. The first-order valence-corrected chi connectivity index (χ1v) is 7.33. The molecule has 0 aliphatic rings. The molecule has 0 fully saturated rings. The fraction of sp³-hybridized carbons (Fsp3) is 0.700. The SMILES string of the molecule is CSCCCCCCNc1nccs1. The molecule has 0 radical (unpaired) electrons. The van der Waals surface area contributed by atoms with Gasteiger partial charge in [0.15, 0.2) is 5.13 Å². The van der Waals surface area contributed by atoms with Crippen LogP contribution < -0.4 is 5.32 Å². The molecule has 0 amide bonds. The minimum atomic E-state index is 1.05. The number of aromatic nitrogens is 1. The smallest absolute Gasteiger partial charge is 0.182 e. The molecule has 1 heterocycles. The van der Waals surface area contributed by atoms with Gasteiger partial charge >= 0.3 is 0 Å². The van der Waals surface area contributed by atoms with E-state index in [9.17, 15) is 0 Å². The average molecular weight is 230 g/mol. The maximum absolute atomic E-state index is 4.17. The second-order valence-corrected chi connectivity index (χ2v) is 5.05. The lowest BCUT2D eigenvalue weighted by Crippen LogP contribution is -2.00. The molecule has 0 bridgehead atoms. The van der Waals surface area contributed by atoms with Crippen molar-refractivity contribution >= 4 is 28.2 Å². The van der Waals surface area contributed by atoms with Crippen LogP contribution in [0.3, 0.4) is 0 Å². The number of rotatable bonds is 8. The molecule has 0 aromatic carbocycles. The zero-order valence-electron chi connectivity index (χ0n) is 8.66. The number of nitrogens with zero attached hydrogens (tertiary/aromatic N) is 1. The van der Waals surface area contributed by atoms with E-state index in [0.29, 0.717) is 0 Å². The summed E-state index contributed by atoms with van der Waals surface area (Å²) in [5.41, 5.74) is 0. The molecule has 0 unspecified atom stereocenters. The molecule has 0 saturated heterocycles. The Hall–Kier alpha value is -0.220. The van der Waals surface area contributed by atoms with Crippen molar-refractivity contribution in [3.63, 3.8) is 0 Å². The normalized spacial score (nSPS) is 10.4. The first kappa shape index (κ1) is 11.9. The molecular weight excluding hydrogens is 212 g/mol. The molecule has 0 aliphatic carbocycles. The third kappa shape index (κ3) is 5.50. The molecule has 14 heavy (non-hydrogen) atoms. The fourth-order valence-corrected chi connectivity index (χ4v) is 2.28. The van der Waals surface area contributed by atoms with E-state index in [0.717, 1.165) is 11.7 Å². The maximum atomic E-state index is 4.17. The zero-order valence-corrected chi connectivity index (χ0v) is 10.3. The summed E-state index contributed by atoms with van der Waals surface area (Å²) in [7, 11) is 0. The average Bonchev–Trinajstić information content (AvgIpc) is 2.69. The highest BCUT2D eigenvalue weighted by molar-refractivity contribution is 7.98. The summed E-state index contributed by atoms with van der Waals surface area (Å²) < 4.78 is 0. The lowest BCUT2D eigenvalue weighted by molar-refractivity contribution is 0.689. The lowest BCUT2D eigenvalue weighted by atomic mass is 10.2. The van der Waals surface area contributed by atoms with Gasteiger partial charge < -0.3 is 5.32 Å². The number of thiazole rings is 1. The minimum absolute atomic E-state index is 1.05. The Bertz CT molecular complexity index is 212. The molecule has 1 N–H and O–H groups in total. The fourth-order valence-electron chi connectivity index (χ4n) is 1.23. The van der Waals surface area contributed by atoms with Crippen molar-refractivity contribution in [1.82, 2.24) is 4.98 Å². The Morgan fingerprint density at radius 1 is 1.36 bits per heavy atom. The molecule has 2 nitrogen and oxygen atoms in total. The van der Waals surface area contributed by atoms with Crippen molar-refractivity contribution in [2.45, 2.75) is 25.7 Å². The monoisotopic (exact) mass is 230 g/mol. The predicted octanol–water partition coefficient (Wildman–Crippen LogP) is 3.48. The van der Waals surface area contributed by atoms with E-state index in [1.54, 1.807) is 11.3 Å². The van der Waals surface area contributed by atoms with Gasteiger partial charge in [0.1, 0.15) is 0 Å². The van der Waals surface area contributed by atoms with Gasteiger partial charge in [-0.25, -0.2) is 4.98 Å². The second kappa shape index (κ2) is 8.12. The van der Waals surface area contributed by atoms with Crippen LogP contribution in [0.15, 0.2) is 11.6 Å². The van der Waals surface area contributed by atoms with E-state index in [4.69, 9.17) is 0 Å².